The van der Waals surface area contributed by atoms with Crippen molar-refractivity contribution in [3.8, 4) is 5.75 Å². The number of amides is 2. The Hall–Kier alpha value is -3.92. The molecule has 0 heterocycles. The summed E-state index contributed by atoms with van der Waals surface area (Å²) in [4.78, 5) is 29.4. The van der Waals surface area contributed by atoms with Gasteiger partial charge in [0.2, 0.25) is 21.8 Å². The number of hydrogen-bond acceptors (Lipinski definition) is 5. The maximum absolute atomic E-state index is 14.1. The first-order valence-corrected chi connectivity index (χ1v) is 15.5. The minimum absolute atomic E-state index is 0.0226. The van der Waals surface area contributed by atoms with Crippen LogP contribution in [0.3, 0.4) is 0 Å². The fourth-order valence-corrected chi connectivity index (χ4v) is 5.98. The van der Waals surface area contributed by atoms with E-state index in [-0.39, 0.29) is 30.6 Å². The average Bonchev–Trinajstić information content (AvgIpc) is 3.46. The minimum atomic E-state index is -3.97. The standard InChI is InChI=1S/C31H36FN3O5S/c1-40-28-17-8-12-24(18-28)21-34(30(36)22-35(41(2,38)39)27-16-9-13-25(32)20-27)29(19-23-10-4-3-5-11-23)31(37)33-26-14-6-7-15-26/h3-5,8-13,16-18,20,26,29H,6-7,14-15,19,21-22H2,1-2H3,(H,33,37). The lowest BCUT2D eigenvalue weighted by atomic mass is 10.0. The van der Waals surface area contributed by atoms with Crippen LogP contribution in [0.1, 0.15) is 36.8 Å². The molecule has 2 amide bonds. The number of carbonyl (C=O) groups excluding carboxylic acids is 2. The number of benzene rings is 3. The Morgan fingerprint density at radius 2 is 1.66 bits per heavy atom. The third-order valence-electron chi connectivity index (χ3n) is 7.24. The van der Waals surface area contributed by atoms with Crippen LogP contribution in [0.25, 0.3) is 0 Å². The molecule has 1 N–H and O–H groups in total. The van der Waals surface area contributed by atoms with Gasteiger partial charge in [0, 0.05) is 19.0 Å². The van der Waals surface area contributed by atoms with Gasteiger partial charge < -0.3 is 15.0 Å². The molecule has 3 aromatic rings. The summed E-state index contributed by atoms with van der Waals surface area (Å²) in [6.07, 6.45) is 4.99. The molecule has 1 atom stereocenters. The summed E-state index contributed by atoms with van der Waals surface area (Å²) in [5.41, 5.74) is 1.59. The normalized spacial score (nSPS) is 14.3. The quantitative estimate of drug-likeness (QED) is 0.344. The minimum Gasteiger partial charge on any atom is -0.497 e. The van der Waals surface area contributed by atoms with Crippen molar-refractivity contribution in [1.82, 2.24) is 10.2 Å². The van der Waals surface area contributed by atoms with Crippen molar-refractivity contribution in [1.29, 1.82) is 0 Å². The van der Waals surface area contributed by atoms with Crippen LogP contribution in [0.15, 0.2) is 78.9 Å². The lowest BCUT2D eigenvalue weighted by Crippen LogP contribution is -2.54. The van der Waals surface area contributed by atoms with Crippen LogP contribution in [0.5, 0.6) is 5.75 Å². The zero-order chi connectivity index (χ0) is 29.4. The number of nitrogens with zero attached hydrogens (tertiary/aromatic N) is 2. The molecule has 0 aliphatic heterocycles. The molecule has 1 unspecified atom stereocenters. The Balaban J connectivity index is 1.73. The smallest absolute Gasteiger partial charge is 0.244 e. The van der Waals surface area contributed by atoms with E-state index in [0.717, 1.165) is 47.9 Å². The monoisotopic (exact) mass is 581 g/mol. The first-order chi connectivity index (χ1) is 19.6. The van der Waals surface area contributed by atoms with E-state index in [1.165, 1.54) is 30.2 Å². The second kappa shape index (κ2) is 13.6. The van der Waals surface area contributed by atoms with E-state index in [0.29, 0.717) is 11.3 Å². The molecule has 0 saturated heterocycles. The molecule has 4 rings (SSSR count). The van der Waals surface area contributed by atoms with Crippen molar-refractivity contribution >= 4 is 27.5 Å². The first kappa shape index (κ1) is 30.0. The SMILES string of the molecule is COc1cccc(CN(C(=O)CN(c2cccc(F)c2)S(C)(=O)=O)C(Cc2ccccc2)C(=O)NC2CCCC2)c1. The number of hydrogen-bond donors (Lipinski definition) is 1. The van der Waals surface area contributed by atoms with Gasteiger partial charge in [-0.25, -0.2) is 12.8 Å². The molecule has 1 aliphatic rings. The number of sulfonamides is 1. The summed E-state index contributed by atoms with van der Waals surface area (Å²) >= 11 is 0. The molecule has 1 fully saturated rings. The third kappa shape index (κ3) is 8.29. The van der Waals surface area contributed by atoms with Crippen LogP contribution in [0, 0.1) is 5.82 Å². The Morgan fingerprint density at radius 1 is 0.976 bits per heavy atom. The maximum atomic E-state index is 14.1. The van der Waals surface area contributed by atoms with Crippen LogP contribution in [-0.4, -0.2) is 57.1 Å². The Bertz CT molecular complexity index is 1440. The van der Waals surface area contributed by atoms with Crippen LogP contribution < -0.4 is 14.4 Å². The van der Waals surface area contributed by atoms with Crippen molar-refractivity contribution in [2.75, 3.05) is 24.2 Å². The van der Waals surface area contributed by atoms with Gasteiger partial charge in [0.05, 0.1) is 19.1 Å². The van der Waals surface area contributed by atoms with Gasteiger partial charge in [0.15, 0.2) is 0 Å². The summed E-state index contributed by atoms with van der Waals surface area (Å²) in [7, 11) is -2.43. The highest BCUT2D eigenvalue weighted by Crippen LogP contribution is 2.23. The average molecular weight is 582 g/mol. The largest absolute Gasteiger partial charge is 0.497 e. The second-order valence-corrected chi connectivity index (χ2v) is 12.2. The topological polar surface area (TPSA) is 96.0 Å². The van der Waals surface area contributed by atoms with Crippen LogP contribution >= 0.6 is 0 Å². The summed E-state index contributed by atoms with van der Waals surface area (Å²) in [5, 5.41) is 3.13. The Morgan fingerprint density at radius 3 is 2.32 bits per heavy atom. The highest BCUT2D eigenvalue weighted by Gasteiger charge is 2.34. The van der Waals surface area contributed by atoms with E-state index < -0.39 is 34.3 Å². The lowest BCUT2D eigenvalue weighted by Gasteiger charge is -2.34. The molecule has 218 valence electrons. The molecule has 1 aliphatic carbocycles. The van der Waals surface area contributed by atoms with Gasteiger partial charge in [-0.05, 0) is 54.3 Å². The van der Waals surface area contributed by atoms with E-state index in [4.69, 9.17) is 4.74 Å². The zero-order valence-electron chi connectivity index (χ0n) is 23.3. The first-order valence-electron chi connectivity index (χ1n) is 13.6. The lowest BCUT2D eigenvalue weighted by molar-refractivity contribution is -0.140. The number of nitrogens with one attached hydrogen (secondary N) is 1. The van der Waals surface area contributed by atoms with Gasteiger partial charge in [0.25, 0.3) is 0 Å². The molecular formula is C31H36FN3O5S. The Kier molecular flexibility index (Phi) is 9.99. The van der Waals surface area contributed by atoms with Crippen molar-refractivity contribution in [2.24, 2.45) is 0 Å². The van der Waals surface area contributed by atoms with Crippen molar-refractivity contribution in [2.45, 2.75) is 50.7 Å². The number of halogens is 1. The van der Waals surface area contributed by atoms with Crippen LogP contribution in [0.2, 0.25) is 0 Å². The van der Waals surface area contributed by atoms with Gasteiger partial charge in [-0.15, -0.1) is 0 Å². The van der Waals surface area contributed by atoms with Gasteiger partial charge in [-0.3, -0.25) is 13.9 Å². The molecule has 3 aromatic carbocycles. The summed E-state index contributed by atoms with van der Waals surface area (Å²) in [6.45, 7) is -0.569. The second-order valence-electron chi connectivity index (χ2n) is 10.3. The summed E-state index contributed by atoms with van der Waals surface area (Å²) < 4.78 is 45.9. The highest BCUT2D eigenvalue weighted by atomic mass is 32.2. The molecular weight excluding hydrogens is 545 g/mol. The van der Waals surface area contributed by atoms with Crippen molar-refractivity contribution in [3.05, 3.63) is 95.8 Å². The van der Waals surface area contributed by atoms with Gasteiger partial charge in [-0.1, -0.05) is 61.4 Å². The number of methoxy groups -OCH3 is 1. The molecule has 41 heavy (non-hydrogen) atoms. The van der Waals surface area contributed by atoms with Crippen LogP contribution in [0.4, 0.5) is 10.1 Å². The fraction of sp³-hybridized carbons (Fsp3) is 0.355. The summed E-state index contributed by atoms with van der Waals surface area (Å²) in [6, 6.07) is 20.7. The molecule has 0 aromatic heterocycles. The van der Waals surface area contributed by atoms with Gasteiger partial charge in [-0.2, -0.15) is 0 Å². The van der Waals surface area contributed by atoms with Gasteiger partial charge in [0.1, 0.15) is 24.2 Å². The Labute approximate surface area is 241 Å². The number of rotatable bonds is 12. The number of anilines is 1. The molecule has 8 nitrogen and oxygen atoms in total. The zero-order valence-corrected chi connectivity index (χ0v) is 24.1. The van der Waals surface area contributed by atoms with Crippen molar-refractivity contribution in [3.63, 3.8) is 0 Å². The molecule has 1 saturated carbocycles. The van der Waals surface area contributed by atoms with Gasteiger partial charge >= 0.3 is 0 Å². The van der Waals surface area contributed by atoms with E-state index in [1.807, 2.05) is 36.4 Å². The number of carbonyl (C=O) groups is 2. The third-order valence-corrected chi connectivity index (χ3v) is 8.38. The molecule has 0 bridgehead atoms. The fourth-order valence-electron chi connectivity index (χ4n) is 5.13. The number of ether oxygens (including phenoxy) is 1. The van der Waals surface area contributed by atoms with E-state index >= 15 is 0 Å². The van der Waals surface area contributed by atoms with E-state index in [1.54, 1.807) is 18.2 Å². The molecule has 0 radical (unpaired) electrons. The van der Waals surface area contributed by atoms with E-state index in [2.05, 4.69) is 5.32 Å². The van der Waals surface area contributed by atoms with E-state index in [9.17, 15) is 22.4 Å². The maximum Gasteiger partial charge on any atom is 0.244 e. The summed E-state index contributed by atoms with van der Waals surface area (Å²) in [5.74, 6) is -0.934. The predicted octanol–water partition coefficient (Wildman–Crippen LogP) is 4.30. The molecule has 0 spiro atoms. The predicted molar refractivity (Wildman–Crippen MR) is 156 cm³/mol. The molecule has 10 heteroatoms. The highest BCUT2D eigenvalue weighted by molar-refractivity contribution is 7.92. The van der Waals surface area contributed by atoms with Crippen LogP contribution in [-0.2, 0) is 32.6 Å². The van der Waals surface area contributed by atoms with Crippen molar-refractivity contribution < 1.29 is 27.1 Å².